The number of benzene rings is 1. The van der Waals surface area contributed by atoms with E-state index in [4.69, 9.17) is 16.3 Å². The van der Waals surface area contributed by atoms with Crippen molar-refractivity contribution in [1.29, 1.82) is 0 Å². The van der Waals surface area contributed by atoms with E-state index in [0.717, 1.165) is 37.8 Å². The maximum atomic E-state index is 13.1. The molecule has 0 fully saturated rings. The normalized spacial score (nSPS) is 14.2. The van der Waals surface area contributed by atoms with Gasteiger partial charge in [-0.15, -0.1) is 0 Å². The van der Waals surface area contributed by atoms with Gasteiger partial charge >= 0.3 is 0 Å². The highest BCUT2D eigenvalue weighted by molar-refractivity contribution is 6.31. The Balaban J connectivity index is 2.81. The third-order valence-corrected chi connectivity index (χ3v) is 3.79. The Hall–Kier alpha value is -0.640. The predicted octanol–water partition coefficient (Wildman–Crippen LogP) is 4.20. The summed E-state index contributed by atoms with van der Waals surface area (Å²) in [6.45, 7) is 5.22. The number of hydrogen-bond acceptors (Lipinski definition) is 2. The highest BCUT2D eigenvalue weighted by Crippen LogP contribution is 2.21. The third kappa shape index (κ3) is 5.39. The molecule has 1 N–H and O–H groups in total. The summed E-state index contributed by atoms with van der Waals surface area (Å²) >= 11 is 6.12. The molecule has 0 saturated heterocycles. The maximum absolute atomic E-state index is 13.1. The molecule has 0 heterocycles. The van der Waals surface area contributed by atoms with Crippen LogP contribution in [0.2, 0.25) is 5.02 Å². The highest BCUT2D eigenvalue weighted by atomic mass is 35.5. The Morgan fingerprint density at radius 2 is 2.05 bits per heavy atom. The van der Waals surface area contributed by atoms with E-state index in [1.807, 2.05) is 0 Å². The van der Waals surface area contributed by atoms with Crippen LogP contribution in [-0.2, 0) is 11.2 Å². The molecular formula is C16H25ClFNO. The number of nitrogens with one attached hydrogen (secondary N) is 1. The minimum atomic E-state index is -0.298. The van der Waals surface area contributed by atoms with Crippen molar-refractivity contribution in [3.05, 3.63) is 34.6 Å². The zero-order valence-corrected chi connectivity index (χ0v) is 13.3. The molecule has 0 aliphatic carbocycles. The Morgan fingerprint density at radius 3 is 2.60 bits per heavy atom. The summed E-state index contributed by atoms with van der Waals surface area (Å²) in [5.74, 6) is -0.298. The van der Waals surface area contributed by atoms with Gasteiger partial charge in [0.05, 0.1) is 6.10 Å². The first kappa shape index (κ1) is 17.4. The molecule has 0 amide bonds. The van der Waals surface area contributed by atoms with E-state index in [1.165, 1.54) is 12.1 Å². The molecule has 2 nitrogen and oxygen atoms in total. The van der Waals surface area contributed by atoms with Gasteiger partial charge in [-0.05, 0) is 43.5 Å². The van der Waals surface area contributed by atoms with Crippen molar-refractivity contribution in [3.8, 4) is 0 Å². The van der Waals surface area contributed by atoms with Crippen LogP contribution in [0.25, 0.3) is 0 Å². The van der Waals surface area contributed by atoms with Crippen LogP contribution in [0.4, 0.5) is 4.39 Å². The van der Waals surface area contributed by atoms with Crippen molar-refractivity contribution in [2.45, 2.75) is 51.7 Å². The molecule has 1 aromatic rings. The smallest absolute Gasteiger partial charge is 0.124 e. The van der Waals surface area contributed by atoms with Gasteiger partial charge in [-0.2, -0.15) is 0 Å². The van der Waals surface area contributed by atoms with Crippen molar-refractivity contribution in [1.82, 2.24) is 5.32 Å². The van der Waals surface area contributed by atoms with E-state index in [9.17, 15) is 4.39 Å². The Kier molecular flexibility index (Phi) is 8.12. The molecule has 2 unspecified atom stereocenters. The quantitative estimate of drug-likeness (QED) is 0.738. The van der Waals surface area contributed by atoms with Gasteiger partial charge < -0.3 is 10.1 Å². The molecule has 1 aromatic carbocycles. The zero-order valence-electron chi connectivity index (χ0n) is 12.6. The minimum absolute atomic E-state index is 0.146. The van der Waals surface area contributed by atoms with Crippen molar-refractivity contribution < 1.29 is 9.13 Å². The molecular weight excluding hydrogens is 277 g/mol. The topological polar surface area (TPSA) is 21.3 Å². The number of ether oxygens (including phenoxy) is 1. The summed E-state index contributed by atoms with van der Waals surface area (Å²) in [7, 11) is 1.74. The van der Waals surface area contributed by atoms with Crippen LogP contribution < -0.4 is 5.32 Å². The van der Waals surface area contributed by atoms with Crippen LogP contribution in [0, 0.1) is 5.82 Å². The summed E-state index contributed by atoms with van der Waals surface area (Å²) in [6.07, 6.45) is 4.03. The summed E-state index contributed by atoms with van der Waals surface area (Å²) in [6, 6.07) is 4.79. The fourth-order valence-corrected chi connectivity index (χ4v) is 2.60. The molecule has 0 aliphatic heterocycles. The van der Waals surface area contributed by atoms with E-state index in [-0.39, 0.29) is 18.0 Å². The number of halogens is 2. The molecule has 0 saturated carbocycles. The largest absolute Gasteiger partial charge is 0.380 e. The van der Waals surface area contributed by atoms with E-state index < -0.39 is 0 Å². The van der Waals surface area contributed by atoms with Crippen LogP contribution in [0.5, 0.6) is 0 Å². The van der Waals surface area contributed by atoms with Gasteiger partial charge in [-0.25, -0.2) is 4.39 Å². The Labute approximate surface area is 126 Å². The lowest BCUT2D eigenvalue weighted by atomic mass is 9.98. The lowest BCUT2D eigenvalue weighted by molar-refractivity contribution is 0.0609. The molecule has 1 rings (SSSR count). The van der Waals surface area contributed by atoms with Crippen molar-refractivity contribution >= 4 is 11.6 Å². The first-order chi connectivity index (χ1) is 9.62. The summed E-state index contributed by atoms with van der Waals surface area (Å²) in [5.41, 5.74) is 0.958. The van der Waals surface area contributed by atoms with Crippen LogP contribution in [-0.4, -0.2) is 25.8 Å². The number of rotatable bonds is 9. The minimum Gasteiger partial charge on any atom is -0.380 e. The SMILES string of the molecule is CCCNC(Cc1ccc(F)cc1Cl)C(CCC)OC. The van der Waals surface area contributed by atoms with Crippen molar-refractivity contribution in [2.24, 2.45) is 0 Å². The molecule has 20 heavy (non-hydrogen) atoms. The molecule has 2 atom stereocenters. The van der Waals surface area contributed by atoms with Crippen LogP contribution in [0.1, 0.15) is 38.7 Å². The Bertz CT molecular complexity index is 400. The standard InChI is InChI=1S/C16H25ClFNO/c1-4-6-16(20-3)15(19-9-5-2)10-12-7-8-13(18)11-14(12)17/h7-8,11,15-16,19H,4-6,9-10H2,1-3H3. The van der Waals surface area contributed by atoms with Crippen LogP contribution >= 0.6 is 11.6 Å². The Morgan fingerprint density at radius 1 is 1.30 bits per heavy atom. The first-order valence-corrected chi connectivity index (χ1v) is 7.70. The average molecular weight is 302 g/mol. The van der Waals surface area contributed by atoms with Gasteiger partial charge in [0.15, 0.2) is 0 Å². The fraction of sp³-hybridized carbons (Fsp3) is 0.625. The zero-order chi connectivity index (χ0) is 15.0. The van der Waals surface area contributed by atoms with Gasteiger partial charge in [0.25, 0.3) is 0 Å². The molecule has 4 heteroatoms. The molecule has 0 spiro atoms. The van der Waals surface area contributed by atoms with Gasteiger partial charge in [-0.3, -0.25) is 0 Å². The van der Waals surface area contributed by atoms with Crippen molar-refractivity contribution in [3.63, 3.8) is 0 Å². The van der Waals surface area contributed by atoms with E-state index >= 15 is 0 Å². The summed E-state index contributed by atoms with van der Waals surface area (Å²) in [4.78, 5) is 0. The van der Waals surface area contributed by atoms with Crippen molar-refractivity contribution in [2.75, 3.05) is 13.7 Å². The monoisotopic (exact) mass is 301 g/mol. The maximum Gasteiger partial charge on any atom is 0.124 e. The molecule has 0 aromatic heterocycles. The van der Waals surface area contributed by atoms with E-state index in [0.29, 0.717) is 5.02 Å². The lowest BCUT2D eigenvalue weighted by Gasteiger charge is -2.27. The molecule has 0 bridgehead atoms. The predicted molar refractivity (Wildman–Crippen MR) is 82.9 cm³/mol. The molecule has 0 aliphatic rings. The summed E-state index contributed by atoms with van der Waals surface area (Å²) in [5, 5.41) is 4.00. The second-order valence-corrected chi connectivity index (χ2v) is 5.47. The second-order valence-electron chi connectivity index (χ2n) is 5.06. The fourth-order valence-electron chi connectivity index (χ4n) is 2.36. The first-order valence-electron chi connectivity index (χ1n) is 7.32. The summed E-state index contributed by atoms with van der Waals surface area (Å²) < 4.78 is 18.7. The second kappa shape index (κ2) is 9.32. The average Bonchev–Trinajstić information content (AvgIpc) is 2.43. The van der Waals surface area contributed by atoms with Gasteiger partial charge in [0, 0.05) is 18.2 Å². The third-order valence-electron chi connectivity index (χ3n) is 3.44. The number of methoxy groups -OCH3 is 1. The number of hydrogen-bond donors (Lipinski definition) is 1. The van der Waals surface area contributed by atoms with Gasteiger partial charge in [0.1, 0.15) is 5.82 Å². The van der Waals surface area contributed by atoms with E-state index in [1.54, 1.807) is 13.2 Å². The lowest BCUT2D eigenvalue weighted by Crippen LogP contribution is -2.43. The van der Waals surface area contributed by atoms with Crippen LogP contribution in [0.3, 0.4) is 0 Å². The van der Waals surface area contributed by atoms with E-state index in [2.05, 4.69) is 19.2 Å². The molecule has 0 radical (unpaired) electrons. The molecule has 114 valence electrons. The van der Waals surface area contributed by atoms with Gasteiger partial charge in [0.2, 0.25) is 0 Å². The highest BCUT2D eigenvalue weighted by Gasteiger charge is 2.21. The van der Waals surface area contributed by atoms with Gasteiger partial charge in [-0.1, -0.05) is 37.9 Å². The van der Waals surface area contributed by atoms with Crippen LogP contribution in [0.15, 0.2) is 18.2 Å².